The summed E-state index contributed by atoms with van der Waals surface area (Å²) in [4.78, 5) is 16.8. The monoisotopic (exact) mass is 588 g/mol. The van der Waals surface area contributed by atoms with Crippen molar-refractivity contribution in [2.75, 3.05) is 0 Å². The Labute approximate surface area is 260 Å². The van der Waals surface area contributed by atoms with Gasteiger partial charge in [0.15, 0.2) is 17.5 Å². The van der Waals surface area contributed by atoms with Crippen molar-refractivity contribution in [1.29, 1.82) is 5.26 Å². The van der Waals surface area contributed by atoms with Crippen LogP contribution in [0.4, 0.5) is 0 Å². The molecule has 1 aliphatic carbocycles. The van der Waals surface area contributed by atoms with Gasteiger partial charge < -0.3 is 4.74 Å². The molecule has 0 unspecified atom stereocenters. The fourth-order valence-corrected chi connectivity index (χ4v) is 7.64. The molecule has 4 aromatic carbocycles. The third kappa shape index (κ3) is 4.57. The van der Waals surface area contributed by atoms with E-state index in [0.29, 0.717) is 23.0 Å². The molecule has 5 nitrogen and oxygen atoms in total. The number of ether oxygens (including phenoxy) is 1. The lowest BCUT2D eigenvalue weighted by Crippen LogP contribution is -2.33. The van der Waals surface area contributed by atoms with E-state index in [9.17, 15) is 5.26 Å². The van der Waals surface area contributed by atoms with Crippen LogP contribution in [0.3, 0.4) is 0 Å². The van der Waals surface area contributed by atoms with Crippen molar-refractivity contribution in [2.45, 2.75) is 37.5 Å². The van der Waals surface area contributed by atoms with Crippen molar-refractivity contribution in [3.63, 3.8) is 0 Å². The van der Waals surface area contributed by atoms with Gasteiger partial charge in [0.1, 0.15) is 11.5 Å². The van der Waals surface area contributed by atoms with Gasteiger partial charge in [-0.15, -0.1) is 11.3 Å². The quantitative estimate of drug-likeness (QED) is 0.205. The van der Waals surface area contributed by atoms with Crippen molar-refractivity contribution >= 4 is 11.3 Å². The Kier molecular flexibility index (Phi) is 6.54. The van der Waals surface area contributed by atoms with Crippen LogP contribution in [-0.2, 0) is 5.41 Å². The van der Waals surface area contributed by atoms with E-state index in [-0.39, 0.29) is 5.41 Å². The number of rotatable bonds is 4. The molecule has 0 amide bonds. The minimum Gasteiger partial charge on any atom is -0.457 e. The molecule has 0 N–H and O–H groups in total. The predicted octanol–water partition coefficient (Wildman–Crippen LogP) is 9.83. The number of benzene rings is 4. The third-order valence-corrected chi connectivity index (χ3v) is 9.99. The number of aromatic nitrogens is 3. The molecule has 8 rings (SSSR count). The van der Waals surface area contributed by atoms with Crippen molar-refractivity contribution < 1.29 is 4.74 Å². The molecule has 3 heterocycles. The normalized spacial score (nSPS) is 14.7. The van der Waals surface area contributed by atoms with Gasteiger partial charge in [0.2, 0.25) is 0 Å². The standard InChI is InChI=1S/C38H28N4OS/c39-24-25-14-16-29-32(22-25)43-31-17-15-28(23-30(31)38(29)20-8-3-9-21-38)33-18-19-34(44-33)37-41-35(26-10-4-1-5-11-26)40-36(42-37)27-12-6-2-7-13-27/h1-2,4-7,10-19,22-23H,3,8-9,20-21H2. The smallest absolute Gasteiger partial charge is 0.174 e. The largest absolute Gasteiger partial charge is 0.457 e. The summed E-state index contributed by atoms with van der Waals surface area (Å²) < 4.78 is 6.45. The van der Waals surface area contributed by atoms with Crippen LogP contribution < -0.4 is 4.74 Å². The van der Waals surface area contributed by atoms with Gasteiger partial charge in [0, 0.05) is 32.5 Å². The van der Waals surface area contributed by atoms with Gasteiger partial charge >= 0.3 is 0 Å². The maximum Gasteiger partial charge on any atom is 0.174 e. The number of nitriles is 1. The number of hydrogen-bond donors (Lipinski definition) is 0. The summed E-state index contributed by atoms with van der Waals surface area (Å²) in [5.74, 6) is 3.71. The minimum atomic E-state index is -0.103. The van der Waals surface area contributed by atoms with Gasteiger partial charge in [-0.05, 0) is 60.9 Å². The first-order chi connectivity index (χ1) is 21.7. The van der Waals surface area contributed by atoms with Crippen LogP contribution in [0.1, 0.15) is 48.8 Å². The Bertz CT molecular complexity index is 1980. The number of hydrogen-bond acceptors (Lipinski definition) is 6. The van der Waals surface area contributed by atoms with Crippen LogP contribution in [0.25, 0.3) is 43.9 Å². The van der Waals surface area contributed by atoms with Crippen molar-refractivity contribution in [3.8, 4) is 61.5 Å². The fourth-order valence-electron chi connectivity index (χ4n) is 6.71. The summed E-state index contributed by atoms with van der Waals surface area (Å²) in [6.07, 6.45) is 5.77. The molecule has 2 aromatic heterocycles. The lowest BCUT2D eigenvalue weighted by atomic mass is 9.63. The molecule has 2 aliphatic rings. The zero-order chi connectivity index (χ0) is 29.5. The molecule has 44 heavy (non-hydrogen) atoms. The molecular weight excluding hydrogens is 561 g/mol. The highest BCUT2D eigenvalue weighted by molar-refractivity contribution is 7.18. The van der Waals surface area contributed by atoms with Crippen LogP contribution in [0.5, 0.6) is 11.5 Å². The highest BCUT2D eigenvalue weighted by atomic mass is 32.1. The highest BCUT2D eigenvalue weighted by Gasteiger charge is 2.43. The van der Waals surface area contributed by atoms with E-state index in [1.807, 2.05) is 72.8 Å². The molecule has 1 fully saturated rings. The Morgan fingerprint density at radius 2 is 1.25 bits per heavy atom. The van der Waals surface area contributed by atoms with Crippen molar-refractivity contribution in [1.82, 2.24) is 15.0 Å². The molecule has 0 atom stereocenters. The summed E-state index contributed by atoms with van der Waals surface area (Å²) >= 11 is 1.69. The summed E-state index contributed by atoms with van der Waals surface area (Å²) in [6, 6.07) is 39.2. The van der Waals surface area contributed by atoms with Gasteiger partial charge in [-0.1, -0.05) is 86.0 Å². The van der Waals surface area contributed by atoms with E-state index < -0.39 is 0 Å². The third-order valence-electron chi connectivity index (χ3n) is 8.86. The van der Waals surface area contributed by atoms with Gasteiger partial charge in [-0.3, -0.25) is 0 Å². The van der Waals surface area contributed by atoms with E-state index in [4.69, 9.17) is 19.7 Å². The van der Waals surface area contributed by atoms with Crippen LogP contribution in [0.2, 0.25) is 0 Å². The molecule has 0 bridgehead atoms. The van der Waals surface area contributed by atoms with E-state index in [2.05, 4.69) is 42.5 Å². The van der Waals surface area contributed by atoms with E-state index >= 15 is 0 Å². The lowest BCUT2D eigenvalue weighted by Gasteiger charge is -2.43. The average molecular weight is 589 g/mol. The molecule has 1 spiro atoms. The van der Waals surface area contributed by atoms with Gasteiger partial charge in [-0.25, -0.2) is 15.0 Å². The minimum absolute atomic E-state index is 0.103. The maximum atomic E-state index is 9.51. The molecule has 1 aliphatic heterocycles. The van der Waals surface area contributed by atoms with Crippen LogP contribution in [-0.4, -0.2) is 15.0 Å². The first kappa shape index (κ1) is 26.5. The van der Waals surface area contributed by atoms with Crippen molar-refractivity contribution in [2.24, 2.45) is 0 Å². The maximum absolute atomic E-state index is 9.51. The van der Waals surface area contributed by atoms with Gasteiger partial charge in [-0.2, -0.15) is 5.26 Å². The fraction of sp³-hybridized carbons (Fsp3) is 0.158. The summed E-state index contributed by atoms with van der Waals surface area (Å²) in [5.41, 5.74) is 6.06. The summed E-state index contributed by atoms with van der Waals surface area (Å²) in [5, 5.41) is 9.51. The molecule has 0 radical (unpaired) electrons. The SMILES string of the molecule is N#Cc1ccc2c(c1)Oc1ccc(-c3ccc(-c4nc(-c5ccccc5)nc(-c5ccccc5)n4)s3)cc1C21CCCCC1. The number of fused-ring (bicyclic) bond motifs is 4. The average Bonchev–Trinajstić information content (AvgIpc) is 3.60. The molecule has 6 aromatic rings. The Morgan fingerprint density at radius 3 is 1.93 bits per heavy atom. The van der Waals surface area contributed by atoms with Crippen LogP contribution in [0, 0.1) is 11.3 Å². The molecule has 6 heteroatoms. The second-order valence-electron chi connectivity index (χ2n) is 11.5. The zero-order valence-corrected chi connectivity index (χ0v) is 24.8. The first-order valence-corrected chi connectivity index (χ1v) is 15.9. The molecule has 212 valence electrons. The van der Waals surface area contributed by atoms with E-state index in [1.54, 1.807) is 11.3 Å². The zero-order valence-electron chi connectivity index (χ0n) is 24.0. The Morgan fingerprint density at radius 1 is 0.591 bits per heavy atom. The summed E-state index contributed by atoms with van der Waals surface area (Å²) in [6.45, 7) is 0. The topological polar surface area (TPSA) is 71.7 Å². The lowest BCUT2D eigenvalue weighted by molar-refractivity contribution is 0.306. The predicted molar refractivity (Wildman–Crippen MR) is 175 cm³/mol. The van der Waals surface area contributed by atoms with E-state index in [1.165, 1.54) is 30.4 Å². The second-order valence-corrected chi connectivity index (χ2v) is 12.6. The Hall–Kier alpha value is -5.12. The number of nitrogens with zero attached hydrogens (tertiary/aromatic N) is 4. The van der Waals surface area contributed by atoms with Crippen LogP contribution >= 0.6 is 11.3 Å². The summed E-state index contributed by atoms with van der Waals surface area (Å²) in [7, 11) is 0. The second kappa shape index (κ2) is 10.9. The van der Waals surface area contributed by atoms with Crippen molar-refractivity contribution in [3.05, 3.63) is 126 Å². The van der Waals surface area contributed by atoms with Crippen LogP contribution in [0.15, 0.2) is 109 Å². The molecular formula is C38H28N4OS. The molecule has 1 saturated carbocycles. The van der Waals surface area contributed by atoms with Gasteiger partial charge in [0.25, 0.3) is 0 Å². The van der Waals surface area contributed by atoms with E-state index in [0.717, 1.165) is 50.8 Å². The van der Waals surface area contributed by atoms with Gasteiger partial charge in [0.05, 0.1) is 16.5 Å². The highest BCUT2D eigenvalue weighted by Crippen LogP contribution is 2.55. The number of thiophene rings is 1. The molecule has 0 saturated heterocycles. The first-order valence-electron chi connectivity index (χ1n) is 15.0. The Balaban J connectivity index is 1.21.